The number of rotatable bonds is 8. The molecule has 0 bridgehead atoms. The van der Waals surface area contributed by atoms with Crippen LogP contribution in [0.4, 0.5) is 0 Å². The topological polar surface area (TPSA) is 167 Å². The van der Waals surface area contributed by atoms with Gasteiger partial charge in [-0.1, -0.05) is 35.3 Å². The van der Waals surface area contributed by atoms with Crippen molar-refractivity contribution in [1.82, 2.24) is 4.31 Å². The van der Waals surface area contributed by atoms with Crippen molar-refractivity contribution in [2.24, 2.45) is 10.9 Å². The van der Waals surface area contributed by atoms with Crippen LogP contribution in [0.2, 0.25) is 0 Å². The first kappa shape index (κ1) is 18.7. The molecule has 0 saturated carbocycles. The molecule has 0 aliphatic carbocycles. The molecule has 0 aliphatic heterocycles. The zero-order valence-corrected chi connectivity index (χ0v) is 13.0. The van der Waals surface area contributed by atoms with Crippen LogP contribution >= 0.6 is 0 Å². The molecule has 0 saturated heterocycles. The van der Waals surface area contributed by atoms with Gasteiger partial charge < -0.3 is 15.4 Å². The molecule has 9 nitrogen and oxygen atoms in total. The first-order chi connectivity index (χ1) is 10.1. The minimum Gasteiger partial charge on any atom is -0.772 e. The quantitative estimate of drug-likeness (QED) is 0.479. The fourth-order valence-corrected chi connectivity index (χ4v) is 2.80. The second-order valence-corrected chi connectivity index (χ2v) is 6.99. The lowest BCUT2D eigenvalue weighted by molar-refractivity contribution is -0.138. The third kappa shape index (κ3) is 6.17. The Morgan fingerprint density at radius 3 is 2.23 bits per heavy atom. The Morgan fingerprint density at radius 1 is 1.32 bits per heavy atom. The van der Waals surface area contributed by atoms with Crippen LogP contribution in [-0.4, -0.2) is 45.1 Å². The van der Waals surface area contributed by atoms with Gasteiger partial charge in [-0.25, -0.2) is 5.14 Å². The highest BCUT2D eigenvalue weighted by molar-refractivity contribution is 7.86. The molecule has 0 aromatic heterocycles. The summed E-state index contributed by atoms with van der Waals surface area (Å²) in [6.45, 7) is -0.638. The third-order valence-corrected chi connectivity index (χ3v) is 4.31. The Hall–Kier alpha value is -1.37. The molecular weight excluding hydrogens is 334 g/mol. The van der Waals surface area contributed by atoms with Gasteiger partial charge in [0, 0.05) is 18.8 Å². The number of hydrogen-bond donors (Lipinski definition) is 3. The summed E-state index contributed by atoms with van der Waals surface area (Å²) in [5, 5.41) is 13.8. The maximum absolute atomic E-state index is 11.5. The monoisotopic (exact) mass is 350 g/mol. The van der Waals surface area contributed by atoms with E-state index in [1.807, 2.05) is 0 Å². The third-order valence-electron chi connectivity index (χ3n) is 2.74. The predicted molar refractivity (Wildman–Crippen MR) is 78.2 cm³/mol. The number of benzene rings is 1. The summed E-state index contributed by atoms with van der Waals surface area (Å²) in [5.74, 6) is -1.50. The summed E-state index contributed by atoms with van der Waals surface area (Å²) >= 11 is -2.22. The van der Waals surface area contributed by atoms with Gasteiger partial charge in [-0.05, 0) is 11.1 Å². The number of aliphatic carboxylic acids is 1. The van der Waals surface area contributed by atoms with Crippen LogP contribution in [0.15, 0.2) is 24.3 Å². The standard InChI is InChI=1S/C11H17N3O6S2/c12-10(11(15)16)6-14(22(13,19)20)5-8-1-3-9(4-2-8)7-21(17)18/h1-4,10H,5-7,12H2,(H,15,16)(H,17,18)(H2,13,19,20)/p-1/t10-/m0/s1. The van der Waals surface area contributed by atoms with E-state index in [0.717, 1.165) is 4.31 Å². The van der Waals surface area contributed by atoms with Gasteiger partial charge in [-0.2, -0.15) is 12.7 Å². The van der Waals surface area contributed by atoms with E-state index in [2.05, 4.69) is 0 Å². The summed E-state index contributed by atoms with van der Waals surface area (Å²) in [5.41, 5.74) is 6.38. The molecule has 0 fully saturated rings. The number of hydrogen-bond acceptors (Lipinski definition) is 6. The maximum Gasteiger partial charge on any atom is 0.321 e. The van der Waals surface area contributed by atoms with E-state index in [1.54, 1.807) is 0 Å². The molecule has 5 N–H and O–H groups in total. The van der Waals surface area contributed by atoms with Gasteiger partial charge in [0.2, 0.25) is 0 Å². The summed E-state index contributed by atoms with van der Waals surface area (Å²) in [7, 11) is -4.13. The lowest BCUT2D eigenvalue weighted by atomic mass is 10.1. The van der Waals surface area contributed by atoms with Gasteiger partial charge >= 0.3 is 5.97 Å². The summed E-state index contributed by atoms with van der Waals surface area (Å²) in [6.07, 6.45) is 0. The number of carboxylic acids is 1. The lowest BCUT2D eigenvalue weighted by Crippen LogP contribution is -2.47. The highest BCUT2D eigenvalue weighted by atomic mass is 32.2. The average Bonchev–Trinajstić information content (AvgIpc) is 2.38. The first-order valence-electron chi connectivity index (χ1n) is 5.99. The van der Waals surface area contributed by atoms with E-state index in [4.69, 9.17) is 16.0 Å². The zero-order chi connectivity index (χ0) is 16.9. The summed E-state index contributed by atoms with van der Waals surface area (Å²) < 4.78 is 44.9. The van der Waals surface area contributed by atoms with E-state index in [-0.39, 0.29) is 12.3 Å². The van der Waals surface area contributed by atoms with Crippen molar-refractivity contribution in [2.75, 3.05) is 6.54 Å². The molecule has 124 valence electrons. The van der Waals surface area contributed by atoms with Crippen molar-refractivity contribution in [3.05, 3.63) is 35.4 Å². The number of carbonyl (C=O) groups is 1. The van der Waals surface area contributed by atoms with Gasteiger partial charge in [0.25, 0.3) is 10.2 Å². The van der Waals surface area contributed by atoms with Gasteiger partial charge in [-0.15, -0.1) is 0 Å². The van der Waals surface area contributed by atoms with Crippen LogP contribution in [0.5, 0.6) is 0 Å². The number of nitrogens with zero attached hydrogens (tertiary/aromatic N) is 1. The normalized spacial score (nSPS) is 14.7. The van der Waals surface area contributed by atoms with E-state index in [1.165, 1.54) is 24.3 Å². The average molecular weight is 350 g/mol. The molecule has 0 amide bonds. The van der Waals surface area contributed by atoms with Gasteiger partial charge in [0.05, 0.1) is 0 Å². The molecule has 0 radical (unpaired) electrons. The van der Waals surface area contributed by atoms with Crippen molar-refractivity contribution >= 4 is 27.3 Å². The molecule has 11 heteroatoms. The van der Waals surface area contributed by atoms with Crippen LogP contribution in [-0.2, 0) is 38.4 Å². The van der Waals surface area contributed by atoms with Crippen molar-refractivity contribution in [1.29, 1.82) is 0 Å². The molecule has 1 unspecified atom stereocenters. The first-order valence-corrected chi connectivity index (χ1v) is 8.74. The second kappa shape index (κ2) is 7.76. The Labute approximate surface area is 130 Å². The van der Waals surface area contributed by atoms with E-state index in [0.29, 0.717) is 11.1 Å². The smallest absolute Gasteiger partial charge is 0.321 e. The number of carboxylic acid groups (broad SMARTS) is 1. The molecule has 1 aromatic rings. The minimum absolute atomic E-state index is 0.150. The Bertz CT molecular complexity index is 646. The Kier molecular flexibility index (Phi) is 6.59. The molecule has 22 heavy (non-hydrogen) atoms. The van der Waals surface area contributed by atoms with Gasteiger partial charge in [-0.3, -0.25) is 9.00 Å². The molecular formula is C11H16N3O6S2-. The number of nitrogens with two attached hydrogens (primary N) is 2. The Balaban J connectivity index is 2.86. The fourth-order valence-electron chi connectivity index (χ4n) is 1.64. The van der Waals surface area contributed by atoms with E-state index >= 15 is 0 Å². The molecule has 2 atom stereocenters. The van der Waals surface area contributed by atoms with Gasteiger partial charge in [0.1, 0.15) is 6.04 Å². The maximum atomic E-state index is 11.5. The molecule has 1 rings (SSSR count). The fraction of sp³-hybridized carbons (Fsp3) is 0.364. The summed E-state index contributed by atoms with van der Waals surface area (Å²) in [6, 6.07) is 4.73. The van der Waals surface area contributed by atoms with Crippen LogP contribution in [0.25, 0.3) is 0 Å². The molecule has 0 heterocycles. The van der Waals surface area contributed by atoms with Crippen molar-refractivity contribution in [3.63, 3.8) is 0 Å². The molecule has 0 spiro atoms. The van der Waals surface area contributed by atoms with Crippen molar-refractivity contribution < 1.29 is 27.1 Å². The highest BCUT2D eigenvalue weighted by Crippen LogP contribution is 2.11. The van der Waals surface area contributed by atoms with Crippen LogP contribution < -0.4 is 10.9 Å². The van der Waals surface area contributed by atoms with Gasteiger partial charge in [0.15, 0.2) is 0 Å². The largest absolute Gasteiger partial charge is 0.772 e. The SMILES string of the molecule is N[C@@H](CN(Cc1ccc(CS(=O)[O-])cc1)S(N)(=O)=O)C(=O)O. The molecule has 0 aliphatic rings. The van der Waals surface area contributed by atoms with Crippen molar-refractivity contribution in [2.45, 2.75) is 18.3 Å². The minimum atomic E-state index is -4.13. The highest BCUT2D eigenvalue weighted by Gasteiger charge is 2.24. The van der Waals surface area contributed by atoms with Crippen molar-refractivity contribution in [3.8, 4) is 0 Å². The van der Waals surface area contributed by atoms with Crippen LogP contribution in [0.3, 0.4) is 0 Å². The Morgan fingerprint density at radius 2 is 1.82 bits per heavy atom. The van der Waals surface area contributed by atoms with E-state index in [9.17, 15) is 22.0 Å². The lowest BCUT2D eigenvalue weighted by Gasteiger charge is -2.21. The van der Waals surface area contributed by atoms with Crippen LogP contribution in [0, 0.1) is 0 Å². The zero-order valence-electron chi connectivity index (χ0n) is 11.4. The predicted octanol–water partition coefficient (Wildman–Crippen LogP) is -1.52. The molecule has 1 aromatic carbocycles. The summed E-state index contributed by atoms with van der Waals surface area (Å²) in [4.78, 5) is 10.7. The van der Waals surface area contributed by atoms with Crippen LogP contribution in [0.1, 0.15) is 11.1 Å². The second-order valence-electron chi connectivity index (χ2n) is 4.55. The van der Waals surface area contributed by atoms with E-state index < -0.39 is 39.8 Å².